The fourth-order valence-electron chi connectivity index (χ4n) is 2.62. The highest BCUT2D eigenvalue weighted by Gasteiger charge is 2.68. The van der Waals surface area contributed by atoms with Crippen molar-refractivity contribution in [2.75, 3.05) is 6.61 Å². The second kappa shape index (κ2) is 7.96. The largest absolute Gasteiger partial charge is 0.459 e. The van der Waals surface area contributed by atoms with Gasteiger partial charge in [0.15, 0.2) is 6.10 Å². The molecule has 28 heavy (non-hydrogen) atoms. The van der Waals surface area contributed by atoms with Crippen LogP contribution in [0.5, 0.6) is 0 Å². The van der Waals surface area contributed by atoms with E-state index >= 15 is 0 Å². The maximum atomic E-state index is 14.7. The first kappa shape index (κ1) is 20.4. The number of esters is 2. The molecule has 1 heterocycles. The van der Waals surface area contributed by atoms with Gasteiger partial charge in [0.1, 0.15) is 12.7 Å². The van der Waals surface area contributed by atoms with Gasteiger partial charge in [-0.15, -0.1) is 0 Å². The third kappa shape index (κ3) is 4.07. The molecule has 4 atom stereocenters. The third-order valence-corrected chi connectivity index (χ3v) is 4.83. The first-order valence-corrected chi connectivity index (χ1v) is 9.00. The second-order valence-corrected chi connectivity index (χ2v) is 7.12. The van der Waals surface area contributed by atoms with Gasteiger partial charge in [-0.05, 0) is 40.2 Å². The SMILES string of the molecule is O=C(OC[C@H]1O[C@@](O)(Br)[C@](O)(F)[C@@H]1OC(=O)c1ccccc1)c1ccccc1. The Kier molecular flexibility index (Phi) is 5.80. The average molecular weight is 455 g/mol. The molecule has 0 aromatic heterocycles. The van der Waals surface area contributed by atoms with Gasteiger partial charge in [-0.1, -0.05) is 36.4 Å². The van der Waals surface area contributed by atoms with E-state index < -0.39 is 41.3 Å². The maximum Gasteiger partial charge on any atom is 0.338 e. The normalized spacial score (nSPS) is 29.3. The quantitative estimate of drug-likeness (QED) is 0.527. The number of ether oxygens (including phenoxy) is 3. The summed E-state index contributed by atoms with van der Waals surface area (Å²) in [5, 5.41) is 20.0. The smallest absolute Gasteiger partial charge is 0.338 e. The predicted octanol–water partition coefficient (Wildman–Crippen LogP) is 2.17. The average Bonchev–Trinajstić information content (AvgIpc) is 2.86. The lowest BCUT2D eigenvalue weighted by atomic mass is 10.1. The van der Waals surface area contributed by atoms with Crippen LogP contribution >= 0.6 is 15.9 Å². The molecule has 0 bridgehead atoms. The summed E-state index contributed by atoms with van der Waals surface area (Å²) in [7, 11) is 0. The van der Waals surface area contributed by atoms with Gasteiger partial charge >= 0.3 is 17.8 Å². The molecule has 0 radical (unpaired) electrons. The van der Waals surface area contributed by atoms with Crippen molar-refractivity contribution in [3.8, 4) is 0 Å². The molecule has 2 aromatic rings. The Morgan fingerprint density at radius 2 is 1.50 bits per heavy atom. The molecular formula is C19H16BrFO7. The molecule has 1 aliphatic rings. The van der Waals surface area contributed by atoms with E-state index in [1.807, 2.05) is 0 Å². The summed E-state index contributed by atoms with van der Waals surface area (Å²) >= 11 is 2.52. The zero-order valence-corrected chi connectivity index (χ0v) is 15.9. The number of rotatable bonds is 5. The van der Waals surface area contributed by atoms with Crippen LogP contribution < -0.4 is 0 Å². The van der Waals surface area contributed by atoms with Crippen molar-refractivity contribution in [3.05, 3.63) is 71.8 Å². The minimum Gasteiger partial charge on any atom is -0.459 e. The molecule has 0 saturated carbocycles. The molecule has 7 nitrogen and oxygen atoms in total. The molecule has 0 aliphatic carbocycles. The lowest BCUT2D eigenvalue weighted by Gasteiger charge is -2.27. The highest BCUT2D eigenvalue weighted by molar-refractivity contribution is 9.10. The summed E-state index contributed by atoms with van der Waals surface area (Å²) in [6, 6.07) is 15.7. The Hall–Kier alpha value is -2.33. The number of carbonyl (C=O) groups is 2. The van der Waals surface area contributed by atoms with Crippen molar-refractivity contribution in [1.29, 1.82) is 0 Å². The number of carbonyl (C=O) groups excluding carboxylic acids is 2. The van der Waals surface area contributed by atoms with Crippen molar-refractivity contribution in [2.45, 2.75) is 22.8 Å². The zero-order chi connectivity index (χ0) is 20.4. The predicted molar refractivity (Wildman–Crippen MR) is 97.2 cm³/mol. The van der Waals surface area contributed by atoms with Gasteiger partial charge in [0.2, 0.25) is 0 Å². The van der Waals surface area contributed by atoms with E-state index in [1.54, 1.807) is 36.4 Å². The molecule has 3 rings (SSSR count). The summed E-state index contributed by atoms with van der Waals surface area (Å²) in [4.78, 5) is 24.3. The van der Waals surface area contributed by atoms with Crippen molar-refractivity contribution in [3.63, 3.8) is 0 Å². The van der Waals surface area contributed by atoms with Gasteiger partial charge in [-0.3, -0.25) is 0 Å². The van der Waals surface area contributed by atoms with E-state index in [0.717, 1.165) is 0 Å². The van der Waals surface area contributed by atoms with Gasteiger partial charge in [-0.2, -0.15) is 0 Å². The van der Waals surface area contributed by atoms with E-state index in [0.29, 0.717) is 0 Å². The Labute approximate surface area is 167 Å². The van der Waals surface area contributed by atoms with E-state index in [4.69, 9.17) is 14.2 Å². The Morgan fingerprint density at radius 3 is 2.04 bits per heavy atom. The van der Waals surface area contributed by atoms with Crippen LogP contribution in [0.1, 0.15) is 20.7 Å². The Balaban J connectivity index is 1.74. The molecule has 9 heteroatoms. The summed E-state index contributed by atoms with van der Waals surface area (Å²) < 4.78 is 27.0. The van der Waals surface area contributed by atoms with E-state index in [9.17, 15) is 24.2 Å². The second-order valence-electron chi connectivity index (χ2n) is 6.05. The van der Waals surface area contributed by atoms with Crippen molar-refractivity contribution >= 4 is 27.9 Å². The molecule has 148 valence electrons. The maximum absolute atomic E-state index is 14.7. The Bertz CT molecular complexity index is 842. The van der Waals surface area contributed by atoms with Crippen molar-refractivity contribution in [1.82, 2.24) is 0 Å². The van der Waals surface area contributed by atoms with Gasteiger partial charge in [0.05, 0.1) is 11.1 Å². The van der Waals surface area contributed by atoms with Crippen molar-refractivity contribution < 1.29 is 38.4 Å². The van der Waals surface area contributed by atoms with Gasteiger partial charge in [0, 0.05) is 0 Å². The van der Waals surface area contributed by atoms with Crippen LogP contribution in [0.4, 0.5) is 4.39 Å². The van der Waals surface area contributed by atoms with Crippen molar-refractivity contribution in [2.24, 2.45) is 0 Å². The molecule has 0 amide bonds. The highest BCUT2D eigenvalue weighted by atomic mass is 79.9. The first-order valence-electron chi connectivity index (χ1n) is 8.21. The molecule has 1 saturated heterocycles. The van der Waals surface area contributed by atoms with E-state index in [-0.39, 0.29) is 11.1 Å². The topological polar surface area (TPSA) is 102 Å². The summed E-state index contributed by atoms with van der Waals surface area (Å²) in [5.74, 6) is -5.18. The molecule has 1 aliphatic heterocycles. The highest BCUT2D eigenvalue weighted by Crippen LogP contribution is 2.45. The standard InChI is InChI=1S/C19H16BrFO7/c20-19(25)18(21,24)15(27-17(23)13-9-5-2-6-10-13)14(28-19)11-26-16(22)12-7-3-1-4-8-12/h1-10,14-15,24-25H,11H2/t14-,15-,18+,19-/m1/s1. The molecular weight excluding hydrogens is 439 g/mol. The van der Waals surface area contributed by atoms with Crippen LogP contribution in [-0.4, -0.2) is 51.5 Å². The van der Waals surface area contributed by atoms with Crippen LogP contribution in [0.25, 0.3) is 0 Å². The van der Waals surface area contributed by atoms with E-state index in [1.165, 1.54) is 24.3 Å². The van der Waals surface area contributed by atoms with Crippen LogP contribution in [0, 0.1) is 0 Å². The molecule has 2 aromatic carbocycles. The van der Waals surface area contributed by atoms with Crippen LogP contribution in [0.15, 0.2) is 60.7 Å². The lowest BCUT2D eigenvalue weighted by molar-refractivity contribution is -0.256. The number of hydrogen-bond acceptors (Lipinski definition) is 7. The first-order chi connectivity index (χ1) is 13.2. The van der Waals surface area contributed by atoms with E-state index in [2.05, 4.69) is 15.9 Å². The Morgan fingerprint density at radius 1 is 1.00 bits per heavy atom. The molecule has 1 fully saturated rings. The number of halogens is 2. The van der Waals surface area contributed by atoms with Gasteiger partial charge < -0.3 is 24.4 Å². The minimum absolute atomic E-state index is 0.100. The van der Waals surface area contributed by atoms with Crippen LogP contribution in [-0.2, 0) is 14.2 Å². The lowest BCUT2D eigenvalue weighted by Crippen LogP contribution is -2.51. The minimum atomic E-state index is -3.50. The molecule has 2 N–H and O–H groups in total. The zero-order valence-electron chi connectivity index (χ0n) is 14.3. The number of aliphatic hydroxyl groups is 2. The van der Waals surface area contributed by atoms with Gasteiger partial charge in [-0.25, -0.2) is 14.0 Å². The number of hydrogen-bond donors (Lipinski definition) is 2. The fourth-order valence-corrected chi connectivity index (χ4v) is 3.08. The third-order valence-electron chi connectivity index (χ3n) is 4.09. The summed E-state index contributed by atoms with van der Waals surface area (Å²) in [5.41, 5.74) is 0.339. The number of alkyl halides is 2. The number of benzene rings is 2. The summed E-state index contributed by atoms with van der Waals surface area (Å²) in [6.07, 6.45) is -3.44. The van der Waals surface area contributed by atoms with Gasteiger partial charge in [0.25, 0.3) is 4.70 Å². The monoisotopic (exact) mass is 454 g/mol. The fraction of sp³-hybridized carbons (Fsp3) is 0.263. The summed E-state index contributed by atoms with van der Waals surface area (Å²) in [6.45, 7) is -0.583. The molecule has 0 spiro atoms. The van der Waals surface area contributed by atoms with Crippen LogP contribution in [0.2, 0.25) is 0 Å². The molecule has 0 unspecified atom stereocenters. The van der Waals surface area contributed by atoms with Crippen LogP contribution in [0.3, 0.4) is 0 Å².